The number of benzene rings is 1. The lowest BCUT2D eigenvalue weighted by Gasteiger charge is -2.34. The Labute approximate surface area is 121 Å². The Hall–Kier alpha value is -1.35. The van der Waals surface area contributed by atoms with Gasteiger partial charge in [-0.25, -0.2) is 0 Å². The van der Waals surface area contributed by atoms with E-state index in [0.29, 0.717) is 25.9 Å². The first kappa shape index (κ1) is 15.0. The molecule has 1 fully saturated rings. The summed E-state index contributed by atoms with van der Waals surface area (Å²) in [6.07, 6.45) is 2.87. The average Bonchev–Trinajstić information content (AvgIpc) is 2.48. The fraction of sp³-hybridized carbons (Fsp3) is 0.588. The summed E-state index contributed by atoms with van der Waals surface area (Å²) >= 11 is 0. The fourth-order valence-corrected chi connectivity index (χ4v) is 2.71. The van der Waals surface area contributed by atoms with Crippen LogP contribution in [0.5, 0.6) is 0 Å². The molecule has 20 heavy (non-hydrogen) atoms. The highest BCUT2D eigenvalue weighted by Gasteiger charge is 2.26. The van der Waals surface area contributed by atoms with Gasteiger partial charge in [0.1, 0.15) is 0 Å². The van der Waals surface area contributed by atoms with E-state index in [0.717, 1.165) is 12.8 Å². The molecule has 2 unspecified atom stereocenters. The highest BCUT2D eigenvalue weighted by molar-refractivity contribution is 5.76. The van der Waals surface area contributed by atoms with Crippen LogP contribution < -0.4 is 0 Å². The molecule has 3 heteroatoms. The van der Waals surface area contributed by atoms with Gasteiger partial charge in [-0.3, -0.25) is 4.79 Å². The second kappa shape index (κ2) is 6.89. The number of likely N-dealkylation sites (tertiary alicyclic amines) is 1. The normalized spacial score (nSPS) is 22.9. The summed E-state index contributed by atoms with van der Waals surface area (Å²) in [4.78, 5) is 14.1. The van der Waals surface area contributed by atoms with Crippen molar-refractivity contribution in [3.63, 3.8) is 0 Å². The summed E-state index contributed by atoms with van der Waals surface area (Å²) in [5.41, 5.74) is 2.56. The Morgan fingerprint density at radius 3 is 2.55 bits per heavy atom. The lowest BCUT2D eigenvalue weighted by Crippen LogP contribution is -2.45. The van der Waals surface area contributed by atoms with Gasteiger partial charge in [0, 0.05) is 19.5 Å². The van der Waals surface area contributed by atoms with E-state index in [9.17, 15) is 9.90 Å². The molecule has 0 saturated carbocycles. The Balaban J connectivity index is 1.82. The zero-order valence-corrected chi connectivity index (χ0v) is 12.5. The van der Waals surface area contributed by atoms with Crippen LogP contribution in [0.25, 0.3) is 0 Å². The van der Waals surface area contributed by atoms with Gasteiger partial charge in [0.25, 0.3) is 0 Å². The van der Waals surface area contributed by atoms with Crippen LogP contribution in [-0.2, 0) is 17.6 Å². The van der Waals surface area contributed by atoms with Crippen LogP contribution in [0.4, 0.5) is 0 Å². The predicted octanol–water partition coefficient (Wildman–Crippen LogP) is 2.41. The zero-order valence-electron chi connectivity index (χ0n) is 12.5. The van der Waals surface area contributed by atoms with Crippen molar-refractivity contribution in [2.24, 2.45) is 5.92 Å². The molecule has 0 radical (unpaired) electrons. The monoisotopic (exact) mass is 275 g/mol. The molecule has 0 aliphatic carbocycles. The van der Waals surface area contributed by atoms with Gasteiger partial charge in [0.15, 0.2) is 0 Å². The summed E-state index contributed by atoms with van der Waals surface area (Å²) in [5.74, 6) is 0.403. The minimum atomic E-state index is -0.249. The van der Waals surface area contributed by atoms with Gasteiger partial charge < -0.3 is 10.0 Å². The molecule has 2 rings (SSSR count). The van der Waals surface area contributed by atoms with E-state index in [1.807, 2.05) is 11.8 Å². The topological polar surface area (TPSA) is 40.5 Å². The van der Waals surface area contributed by atoms with Crippen molar-refractivity contribution in [2.45, 2.75) is 45.6 Å². The zero-order chi connectivity index (χ0) is 14.5. The largest absolute Gasteiger partial charge is 0.393 e. The van der Waals surface area contributed by atoms with Crippen molar-refractivity contribution in [1.29, 1.82) is 0 Å². The third-order valence-electron chi connectivity index (χ3n) is 4.27. The molecule has 1 aromatic carbocycles. The number of carbonyl (C=O) groups excluding carboxylic acids is 1. The number of aryl methyl sites for hydroxylation is 2. The number of hydrogen-bond donors (Lipinski definition) is 1. The smallest absolute Gasteiger partial charge is 0.222 e. The van der Waals surface area contributed by atoms with Crippen molar-refractivity contribution in [2.75, 3.05) is 13.1 Å². The van der Waals surface area contributed by atoms with Crippen LogP contribution in [0.3, 0.4) is 0 Å². The van der Waals surface area contributed by atoms with Crippen molar-refractivity contribution in [1.82, 2.24) is 4.90 Å². The Bertz CT molecular complexity index is 441. The summed E-state index contributed by atoms with van der Waals surface area (Å²) in [6, 6.07) is 8.52. The predicted molar refractivity (Wildman–Crippen MR) is 80.5 cm³/mol. The van der Waals surface area contributed by atoms with E-state index >= 15 is 0 Å². The Morgan fingerprint density at radius 2 is 1.95 bits per heavy atom. The summed E-state index contributed by atoms with van der Waals surface area (Å²) in [5, 5.41) is 9.70. The number of aliphatic hydroxyl groups is 1. The third-order valence-corrected chi connectivity index (χ3v) is 4.27. The molecule has 1 N–H and O–H groups in total. The molecule has 0 bridgehead atoms. The average molecular weight is 275 g/mol. The molecule has 0 aromatic heterocycles. The first-order valence-corrected chi connectivity index (χ1v) is 7.63. The van der Waals surface area contributed by atoms with Crippen LogP contribution in [0.15, 0.2) is 24.3 Å². The molecular formula is C17H25NO2. The molecule has 1 aliphatic heterocycles. The molecular weight excluding hydrogens is 250 g/mol. The van der Waals surface area contributed by atoms with Gasteiger partial charge in [-0.2, -0.15) is 0 Å². The standard InChI is InChI=1S/C17H25NO2/c1-3-14-4-6-15(7-5-14)8-9-17(20)18-11-10-16(19)13(2)12-18/h4-7,13,16,19H,3,8-12H2,1-2H3. The SMILES string of the molecule is CCc1ccc(CCC(=O)N2CCC(O)C(C)C2)cc1. The maximum Gasteiger partial charge on any atom is 0.222 e. The van der Waals surface area contributed by atoms with Gasteiger partial charge >= 0.3 is 0 Å². The number of aliphatic hydroxyl groups excluding tert-OH is 1. The first-order chi connectivity index (χ1) is 9.60. The first-order valence-electron chi connectivity index (χ1n) is 7.63. The van der Waals surface area contributed by atoms with E-state index in [2.05, 4.69) is 31.2 Å². The van der Waals surface area contributed by atoms with E-state index in [1.165, 1.54) is 11.1 Å². The molecule has 1 saturated heterocycles. The minimum absolute atomic E-state index is 0.191. The van der Waals surface area contributed by atoms with Gasteiger partial charge in [-0.1, -0.05) is 38.1 Å². The van der Waals surface area contributed by atoms with Crippen molar-refractivity contribution in [3.05, 3.63) is 35.4 Å². The van der Waals surface area contributed by atoms with Crippen LogP contribution in [0, 0.1) is 5.92 Å². The summed E-state index contributed by atoms with van der Waals surface area (Å²) in [7, 11) is 0. The molecule has 110 valence electrons. The van der Waals surface area contributed by atoms with Crippen molar-refractivity contribution in [3.8, 4) is 0 Å². The van der Waals surface area contributed by atoms with E-state index in [-0.39, 0.29) is 17.9 Å². The van der Waals surface area contributed by atoms with Crippen LogP contribution in [-0.4, -0.2) is 35.1 Å². The van der Waals surface area contributed by atoms with Gasteiger partial charge in [-0.05, 0) is 36.3 Å². The number of hydrogen-bond acceptors (Lipinski definition) is 2. The Kier molecular flexibility index (Phi) is 5.18. The number of carbonyl (C=O) groups is 1. The molecule has 3 nitrogen and oxygen atoms in total. The quantitative estimate of drug-likeness (QED) is 0.916. The number of amides is 1. The van der Waals surface area contributed by atoms with Gasteiger partial charge in [0.05, 0.1) is 6.10 Å². The molecule has 1 aromatic rings. The van der Waals surface area contributed by atoms with Crippen LogP contribution in [0.2, 0.25) is 0 Å². The maximum absolute atomic E-state index is 12.2. The van der Waals surface area contributed by atoms with Crippen LogP contribution in [0.1, 0.15) is 37.8 Å². The second-order valence-corrected chi connectivity index (χ2v) is 5.84. The molecule has 1 heterocycles. The lowest BCUT2D eigenvalue weighted by molar-refractivity contribution is -0.134. The molecule has 2 atom stereocenters. The Morgan fingerprint density at radius 1 is 1.30 bits per heavy atom. The van der Waals surface area contributed by atoms with Crippen molar-refractivity contribution >= 4 is 5.91 Å². The summed E-state index contributed by atoms with van der Waals surface area (Å²) < 4.78 is 0. The molecule has 0 spiro atoms. The van der Waals surface area contributed by atoms with E-state index in [4.69, 9.17) is 0 Å². The third kappa shape index (κ3) is 3.83. The molecule has 1 amide bonds. The lowest BCUT2D eigenvalue weighted by atomic mass is 9.96. The number of nitrogens with zero attached hydrogens (tertiary/aromatic N) is 1. The highest BCUT2D eigenvalue weighted by atomic mass is 16.3. The van der Waals surface area contributed by atoms with Gasteiger partial charge in [-0.15, -0.1) is 0 Å². The van der Waals surface area contributed by atoms with E-state index in [1.54, 1.807) is 0 Å². The number of rotatable bonds is 4. The van der Waals surface area contributed by atoms with Crippen molar-refractivity contribution < 1.29 is 9.90 Å². The van der Waals surface area contributed by atoms with Crippen LogP contribution >= 0.6 is 0 Å². The van der Waals surface area contributed by atoms with E-state index < -0.39 is 0 Å². The summed E-state index contributed by atoms with van der Waals surface area (Å²) in [6.45, 7) is 5.53. The fourth-order valence-electron chi connectivity index (χ4n) is 2.71. The molecule has 1 aliphatic rings. The minimum Gasteiger partial charge on any atom is -0.393 e. The number of piperidine rings is 1. The second-order valence-electron chi connectivity index (χ2n) is 5.84. The maximum atomic E-state index is 12.2. The highest BCUT2D eigenvalue weighted by Crippen LogP contribution is 2.18. The van der Waals surface area contributed by atoms with Gasteiger partial charge in [0.2, 0.25) is 5.91 Å².